The van der Waals surface area contributed by atoms with Gasteiger partial charge in [-0.05, 0) is 18.9 Å². The van der Waals surface area contributed by atoms with Gasteiger partial charge in [0, 0.05) is 0 Å². The van der Waals surface area contributed by atoms with Crippen LogP contribution in [0.15, 0.2) is 23.8 Å². The molecule has 1 aliphatic rings. The second kappa shape index (κ2) is 4.68. The molecule has 0 aliphatic heterocycles. The molecule has 0 heterocycles. The minimum atomic E-state index is -0.516. The summed E-state index contributed by atoms with van der Waals surface area (Å²) in [4.78, 5) is 11.2. The van der Waals surface area contributed by atoms with Crippen molar-refractivity contribution in [3.05, 3.63) is 23.8 Å². The molecule has 16 heavy (non-hydrogen) atoms. The molecule has 88 valence electrons. The quantitative estimate of drug-likeness (QED) is 0.556. The highest BCUT2D eigenvalue weighted by atomic mass is 28.2. The van der Waals surface area contributed by atoms with Gasteiger partial charge in [-0.2, -0.15) is 0 Å². The Balaban J connectivity index is 2.76. The predicted octanol–water partition coefficient (Wildman–Crippen LogP) is 2.93. The lowest BCUT2D eigenvalue weighted by Crippen LogP contribution is -2.37. The molecular formula is C13H20O2Si. The Morgan fingerprint density at radius 1 is 1.50 bits per heavy atom. The second-order valence-electron chi connectivity index (χ2n) is 5.62. The molecule has 0 bridgehead atoms. The van der Waals surface area contributed by atoms with E-state index in [0.717, 1.165) is 11.9 Å². The summed E-state index contributed by atoms with van der Waals surface area (Å²) in [6.07, 6.45) is 6.80. The van der Waals surface area contributed by atoms with E-state index in [1.54, 1.807) is 0 Å². The van der Waals surface area contributed by atoms with Crippen LogP contribution in [-0.2, 0) is 9.22 Å². The Hall–Kier alpha value is -0.673. The van der Waals surface area contributed by atoms with Crippen LogP contribution >= 0.6 is 0 Å². The third kappa shape index (κ3) is 3.42. The normalized spacial score (nSPS) is 30.1. The molecule has 3 heteroatoms. The van der Waals surface area contributed by atoms with E-state index in [1.807, 2.05) is 32.1 Å². The summed E-state index contributed by atoms with van der Waals surface area (Å²) in [5, 5.41) is 0.146. The molecule has 2 unspecified atom stereocenters. The molecule has 0 aromatic rings. The zero-order valence-electron chi connectivity index (χ0n) is 10.7. The van der Waals surface area contributed by atoms with Crippen LogP contribution in [-0.4, -0.2) is 22.2 Å². The molecule has 2 atom stereocenters. The third-order valence-electron chi connectivity index (χ3n) is 2.48. The summed E-state index contributed by atoms with van der Waals surface area (Å²) < 4.78 is 5.89. The maximum absolute atomic E-state index is 11.2. The van der Waals surface area contributed by atoms with Crippen molar-refractivity contribution in [1.82, 2.24) is 0 Å². The van der Waals surface area contributed by atoms with Crippen LogP contribution in [0.3, 0.4) is 0 Å². The topological polar surface area (TPSA) is 26.3 Å². The lowest BCUT2D eigenvalue weighted by molar-refractivity contribution is -0.116. The van der Waals surface area contributed by atoms with Crippen molar-refractivity contribution in [2.75, 3.05) is 0 Å². The third-order valence-corrected chi connectivity index (χ3v) is 3.46. The predicted molar refractivity (Wildman–Crippen MR) is 67.4 cm³/mol. The fourth-order valence-corrected chi connectivity index (χ4v) is 2.19. The smallest absolute Gasteiger partial charge is 0.236 e. The Labute approximate surface area is 101 Å². The summed E-state index contributed by atoms with van der Waals surface area (Å²) >= 11 is 0. The van der Waals surface area contributed by atoms with Crippen LogP contribution < -0.4 is 0 Å². The molecule has 0 fully saturated rings. The van der Waals surface area contributed by atoms with E-state index in [2.05, 4.69) is 20.8 Å². The van der Waals surface area contributed by atoms with Crippen molar-refractivity contribution >= 4 is 16.0 Å². The first-order chi connectivity index (χ1) is 7.27. The van der Waals surface area contributed by atoms with Crippen LogP contribution in [0.25, 0.3) is 0 Å². The number of carbonyl (C=O) groups excluding carboxylic acids is 1. The van der Waals surface area contributed by atoms with Crippen molar-refractivity contribution < 1.29 is 9.22 Å². The molecule has 2 nitrogen and oxygen atoms in total. The van der Waals surface area contributed by atoms with Gasteiger partial charge in [-0.15, -0.1) is 0 Å². The molecule has 0 aromatic heterocycles. The lowest BCUT2D eigenvalue weighted by Gasteiger charge is -2.33. The lowest BCUT2D eigenvalue weighted by atomic mass is 9.81. The van der Waals surface area contributed by atoms with Crippen molar-refractivity contribution in [3.63, 3.8) is 0 Å². The van der Waals surface area contributed by atoms with Gasteiger partial charge >= 0.3 is 0 Å². The zero-order valence-corrected chi connectivity index (χ0v) is 11.7. The SMILES string of the molecule is CC1=CC(O[Si]C(C)(C)C)C(C)(C=O)C=C1. The number of allylic oxidation sites excluding steroid dienone is 2. The van der Waals surface area contributed by atoms with E-state index >= 15 is 0 Å². The van der Waals surface area contributed by atoms with Gasteiger partial charge in [0.2, 0.25) is 9.76 Å². The van der Waals surface area contributed by atoms with E-state index in [4.69, 9.17) is 4.43 Å². The highest BCUT2D eigenvalue weighted by Crippen LogP contribution is 2.31. The molecule has 2 radical (unpaired) electrons. The van der Waals surface area contributed by atoms with Gasteiger partial charge in [0.25, 0.3) is 0 Å². The number of aldehydes is 1. The maximum Gasteiger partial charge on any atom is 0.236 e. The Bertz CT molecular complexity index is 325. The number of rotatable bonds is 3. The first-order valence-corrected chi connectivity index (χ1v) is 6.44. The average Bonchev–Trinajstić information content (AvgIpc) is 2.18. The molecule has 1 rings (SSSR count). The van der Waals surface area contributed by atoms with Gasteiger partial charge in [-0.25, -0.2) is 0 Å². The minimum Gasteiger partial charge on any atom is -0.409 e. The van der Waals surface area contributed by atoms with Gasteiger partial charge in [-0.3, -0.25) is 0 Å². The standard InChI is InChI=1S/C13H20O2Si/c1-10-6-7-13(5,9-14)11(8-10)15-16-12(2,3)4/h6-9,11H,1-5H3. The highest BCUT2D eigenvalue weighted by Gasteiger charge is 2.34. The van der Waals surface area contributed by atoms with Gasteiger partial charge < -0.3 is 9.22 Å². The maximum atomic E-state index is 11.2. The fourth-order valence-electron chi connectivity index (χ4n) is 1.39. The molecule has 0 amide bonds. The Kier molecular flexibility index (Phi) is 3.91. The summed E-state index contributed by atoms with van der Waals surface area (Å²) in [6.45, 7) is 10.4. The number of carbonyl (C=O) groups is 1. The summed E-state index contributed by atoms with van der Waals surface area (Å²) in [6, 6.07) is 0. The van der Waals surface area contributed by atoms with Crippen LogP contribution in [0.4, 0.5) is 0 Å². The van der Waals surface area contributed by atoms with E-state index < -0.39 is 5.41 Å². The Morgan fingerprint density at radius 3 is 2.62 bits per heavy atom. The first kappa shape index (κ1) is 13.4. The molecular weight excluding hydrogens is 216 g/mol. The molecule has 0 N–H and O–H groups in total. The Morgan fingerprint density at radius 2 is 2.12 bits per heavy atom. The molecule has 0 saturated carbocycles. The fraction of sp³-hybridized carbons (Fsp3) is 0.615. The average molecular weight is 236 g/mol. The van der Waals surface area contributed by atoms with Gasteiger partial charge in [0.05, 0.1) is 11.5 Å². The van der Waals surface area contributed by atoms with Gasteiger partial charge in [0.1, 0.15) is 6.29 Å². The van der Waals surface area contributed by atoms with Crippen LogP contribution in [0.1, 0.15) is 34.6 Å². The second-order valence-corrected chi connectivity index (χ2v) is 7.56. The van der Waals surface area contributed by atoms with Gasteiger partial charge in [-0.1, -0.05) is 44.6 Å². The highest BCUT2D eigenvalue weighted by molar-refractivity contribution is 6.31. The van der Waals surface area contributed by atoms with E-state index in [0.29, 0.717) is 9.76 Å². The van der Waals surface area contributed by atoms with Crippen LogP contribution in [0.5, 0.6) is 0 Å². The number of hydrogen-bond donors (Lipinski definition) is 0. The van der Waals surface area contributed by atoms with E-state index in [9.17, 15) is 4.79 Å². The summed E-state index contributed by atoms with van der Waals surface area (Å²) in [5.41, 5.74) is 0.639. The van der Waals surface area contributed by atoms with E-state index in [1.165, 1.54) is 0 Å². The van der Waals surface area contributed by atoms with E-state index in [-0.39, 0.29) is 11.1 Å². The van der Waals surface area contributed by atoms with Crippen molar-refractivity contribution in [1.29, 1.82) is 0 Å². The zero-order chi connectivity index (χ0) is 12.4. The van der Waals surface area contributed by atoms with Crippen LogP contribution in [0, 0.1) is 5.41 Å². The molecule has 0 saturated heterocycles. The van der Waals surface area contributed by atoms with Crippen molar-refractivity contribution in [2.45, 2.75) is 45.8 Å². The largest absolute Gasteiger partial charge is 0.409 e. The molecule has 0 aromatic carbocycles. The molecule has 1 aliphatic carbocycles. The molecule has 0 spiro atoms. The summed E-state index contributed by atoms with van der Waals surface area (Å²) in [5.74, 6) is 0. The van der Waals surface area contributed by atoms with Crippen molar-refractivity contribution in [3.8, 4) is 0 Å². The monoisotopic (exact) mass is 236 g/mol. The summed E-state index contributed by atoms with van der Waals surface area (Å²) in [7, 11) is 0.395. The van der Waals surface area contributed by atoms with Crippen molar-refractivity contribution in [2.24, 2.45) is 5.41 Å². The first-order valence-electron chi connectivity index (χ1n) is 5.54. The van der Waals surface area contributed by atoms with Crippen LogP contribution in [0.2, 0.25) is 5.04 Å². The number of hydrogen-bond acceptors (Lipinski definition) is 2. The van der Waals surface area contributed by atoms with Gasteiger partial charge in [0.15, 0.2) is 0 Å². The minimum absolute atomic E-state index is 0.132.